The first-order valence-electron chi connectivity index (χ1n) is 8.77. The monoisotopic (exact) mass is 310 g/mol. The lowest BCUT2D eigenvalue weighted by Gasteiger charge is -2.18. The minimum Gasteiger partial charge on any atom is -0.356 e. The molecule has 1 aliphatic carbocycles. The van der Waals surface area contributed by atoms with E-state index < -0.39 is 0 Å². The third-order valence-electron chi connectivity index (χ3n) is 3.84. The molecule has 0 aromatic rings. The van der Waals surface area contributed by atoms with E-state index in [1.54, 1.807) is 7.05 Å². The number of nitrogens with one attached hydrogen (secondary N) is 3. The molecule has 0 aromatic carbocycles. The van der Waals surface area contributed by atoms with E-state index in [4.69, 9.17) is 0 Å². The number of hydrogen-bond acceptors (Lipinski definition) is 2. The Morgan fingerprint density at radius 3 is 2.50 bits per heavy atom. The zero-order chi connectivity index (χ0) is 16.4. The Kier molecular flexibility index (Phi) is 8.94. The van der Waals surface area contributed by atoms with Gasteiger partial charge in [0.05, 0.1) is 0 Å². The Balaban J connectivity index is 2.06. The molecule has 0 aliphatic heterocycles. The molecule has 0 saturated heterocycles. The van der Waals surface area contributed by atoms with Crippen molar-refractivity contribution in [2.45, 2.75) is 77.8 Å². The fraction of sp³-hybridized carbons (Fsp3) is 0.882. The van der Waals surface area contributed by atoms with Gasteiger partial charge in [0.25, 0.3) is 0 Å². The molecule has 0 aromatic heterocycles. The summed E-state index contributed by atoms with van der Waals surface area (Å²) in [6, 6.07) is 0.879. The molecule has 0 bridgehead atoms. The van der Waals surface area contributed by atoms with Gasteiger partial charge in [-0.1, -0.05) is 26.7 Å². The van der Waals surface area contributed by atoms with Crippen molar-refractivity contribution in [3.05, 3.63) is 0 Å². The van der Waals surface area contributed by atoms with E-state index in [0.29, 0.717) is 18.5 Å². The highest BCUT2D eigenvalue weighted by molar-refractivity contribution is 5.80. The first kappa shape index (κ1) is 18.8. The van der Waals surface area contributed by atoms with Crippen molar-refractivity contribution in [2.75, 3.05) is 13.6 Å². The van der Waals surface area contributed by atoms with Crippen LogP contribution >= 0.6 is 0 Å². The molecule has 5 nitrogen and oxygen atoms in total. The lowest BCUT2D eigenvalue weighted by atomic mass is 10.0. The molecular formula is C17H34N4O. The van der Waals surface area contributed by atoms with E-state index in [9.17, 15) is 4.79 Å². The average Bonchev–Trinajstić information content (AvgIpc) is 3.25. The Morgan fingerprint density at radius 1 is 1.18 bits per heavy atom. The van der Waals surface area contributed by atoms with Crippen LogP contribution in [0.5, 0.6) is 0 Å². The van der Waals surface area contributed by atoms with Gasteiger partial charge in [-0.3, -0.25) is 9.79 Å². The zero-order valence-electron chi connectivity index (χ0n) is 14.7. The zero-order valence-corrected chi connectivity index (χ0v) is 14.7. The summed E-state index contributed by atoms with van der Waals surface area (Å²) in [6.07, 6.45) is 7.39. The number of nitrogens with zero attached hydrogens (tertiary/aromatic N) is 1. The molecule has 1 fully saturated rings. The van der Waals surface area contributed by atoms with Gasteiger partial charge < -0.3 is 16.0 Å². The minimum atomic E-state index is 0.175. The number of rotatable bonds is 10. The quantitative estimate of drug-likeness (QED) is 0.330. The molecule has 1 aliphatic rings. The molecule has 0 spiro atoms. The molecule has 1 rings (SSSR count). The van der Waals surface area contributed by atoms with Gasteiger partial charge in [0, 0.05) is 32.1 Å². The van der Waals surface area contributed by atoms with E-state index >= 15 is 0 Å². The maximum Gasteiger partial charge on any atom is 0.220 e. The second-order valence-electron chi connectivity index (χ2n) is 6.81. The van der Waals surface area contributed by atoms with Gasteiger partial charge in [-0.15, -0.1) is 0 Å². The highest BCUT2D eigenvalue weighted by atomic mass is 16.1. The molecule has 1 saturated carbocycles. The van der Waals surface area contributed by atoms with E-state index in [-0.39, 0.29) is 5.91 Å². The summed E-state index contributed by atoms with van der Waals surface area (Å²) in [5, 5.41) is 9.70. The first-order chi connectivity index (χ1) is 10.5. The molecule has 3 N–H and O–H groups in total. The molecule has 0 heterocycles. The van der Waals surface area contributed by atoms with Gasteiger partial charge in [0.1, 0.15) is 0 Å². The van der Waals surface area contributed by atoms with Gasteiger partial charge in [-0.05, 0) is 38.5 Å². The summed E-state index contributed by atoms with van der Waals surface area (Å²) >= 11 is 0. The Bertz CT molecular complexity index is 351. The normalized spacial score (nSPS) is 16.5. The summed E-state index contributed by atoms with van der Waals surface area (Å²) in [7, 11) is 1.79. The van der Waals surface area contributed by atoms with Crippen LogP contribution in [0, 0.1) is 5.92 Å². The van der Waals surface area contributed by atoms with Gasteiger partial charge in [-0.25, -0.2) is 0 Å². The van der Waals surface area contributed by atoms with Crippen LogP contribution in [0.4, 0.5) is 0 Å². The molecule has 22 heavy (non-hydrogen) atoms. The van der Waals surface area contributed by atoms with Crippen molar-refractivity contribution < 1.29 is 4.79 Å². The molecule has 1 atom stereocenters. The maximum absolute atomic E-state index is 11.6. The molecule has 1 unspecified atom stereocenters. The van der Waals surface area contributed by atoms with Crippen molar-refractivity contribution in [3.8, 4) is 0 Å². The Labute approximate surface area is 135 Å². The van der Waals surface area contributed by atoms with Crippen molar-refractivity contribution >= 4 is 11.9 Å². The summed E-state index contributed by atoms with van der Waals surface area (Å²) in [5.74, 6) is 1.78. The molecule has 0 radical (unpaired) electrons. The number of aliphatic imine (C=N–C) groups is 1. The fourth-order valence-electron chi connectivity index (χ4n) is 2.32. The predicted octanol–water partition coefficient (Wildman–Crippen LogP) is 2.42. The Hall–Kier alpha value is -1.26. The van der Waals surface area contributed by atoms with Crippen LogP contribution in [0.2, 0.25) is 0 Å². The highest BCUT2D eigenvalue weighted by Crippen LogP contribution is 2.18. The number of guanidine groups is 1. The van der Waals surface area contributed by atoms with Crippen LogP contribution in [0.3, 0.4) is 0 Å². The predicted molar refractivity (Wildman–Crippen MR) is 93.0 cm³/mol. The lowest BCUT2D eigenvalue weighted by Crippen LogP contribution is -2.42. The average molecular weight is 310 g/mol. The lowest BCUT2D eigenvalue weighted by molar-refractivity contribution is -0.121. The summed E-state index contributed by atoms with van der Waals surface area (Å²) < 4.78 is 0. The maximum atomic E-state index is 11.6. The van der Waals surface area contributed by atoms with Crippen molar-refractivity contribution in [2.24, 2.45) is 10.9 Å². The van der Waals surface area contributed by atoms with Crippen LogP contribution in [0.15, 0.2) is 4.99 Å². The van der Waals surface area contributed by atoms with E-state index in [1.165, 1.54) is 12.8 Å². The third kappa shape index (κ3) is 9.64. The van der Waals surface area contributed by atoms with Gasteiger partial charge in [-0.2, -0.15) is 0 Å². The van der Waals surface area contributed by atoms with Crippen LogP contribution in [0.25, 0.3) is 0 Å². The van der Waals surface area contributed by atoms with Gasteiger partial charge in [0.2, 0.25) is 5.91 Å². The van der Waals surface area contributed by atoms with Gasteiger partial charge >= 0.3 is 0 Å². The molecule has 5 heteroatoms. The summed E-state index contributed by atoms with van der Waals surface area (Å²) in [6.45, 7) is 7.49. The van der Waals surface area contributed by atoms with Crippen LogP contribution < -0.4 is 16.0 Å². The van der Waals surface area contributed by atoms with Crippen LogP contribution in [-0.4, -0.2) is 37.5 Å². The topological polar surface area (TPSA) is 65.5 Å². The minimum absolute atomic E-state index is 0.175. The number of carbonyl (C=O) groups is 1. The summed E-state index contributed by atoms with van der Waals surface area (Å²) in [4.78, 5) is 15.8. The van der Waals surface area contributed by atoms with E-state index in [1.807, 2.05) is 0 Å². The van der Waals surface area contributed by atoms with Crippen LogP contribution in [-0.2, 0) is 4.79 Å². The van der Waals surface area contributed by atoms with Crippen molar-refractivity contribution in [3.63, 3.8) is 0 Å². The standard InChI is InChI=1S/C17H34N4O/c1-13(2)7-5-8-14(3)20-17(18-4)19-12-6-9-16(22)21-15-10-11-15/h13-15H,5-12H2,1-4H3,(H,21,22)(H2,18,19,20). The van der Waals surface area contributed by atoms with Crippen molar-refractivity contribution in [1.29, 1.82) is 0 Å². The van der Waals surface area contributed by atoms with Crippen LogP contribution in [0.1, 0.15) is 65.7 Å². The number of amides is 1. The van der Waals surface area contributed by atoms with E-state index in [2.05, 4.69) is 41.7 Å². The highest BCUT2D eigenvalue weighted by Gasteiger charge is 2.22. The SMILES string of the molecule is CN=C(NCCCC(=O)NC1CC1)NC(C)CCCC(C)C. The number of carbonyl (C=O) groups excluding carboxylic acids is 1. The Morgan fingerprint density at radius 2 is 1.91 bits per heavy atom. The summed E-state index contributed by atoms with van der Waals surface area (Å²) in [5.41, 5.74) is 0. The molecule has 1 amide bonds. The second kappa shape index (κ2) is 10.5. The van der Waals surface area contributed by atoms with Crippen molar-refractivity contribution in [1.82, 2.24) is 16.0 Å². The number of hydrogen-bond donors (Lipinski definition) is 3. The first-order valence-corrected chi connectivity index (χ1v) is 8.77. The smallest absolute Gasteiger partial charge is 0.220 e. The van der Waals surface area contributed by atoms with Gasteiger partial charge in [0.15, 0.2) is 5.96 Å². The molecular weight excluding hydrogens is 276 g/mol. The van der Waals surface area contributed by atoms with E-state index in [0.717, 1.165) is 44.1 Å². The largest absolute Gasteiger partial charge is 0.356 e. The third-order valence-corrected chi connectivity index (χ3v) is 3.84. The molecule has 128 valence electrons. The second-order valence-corrected chi connectivity index (χ2v) is 6.81. The fourth-order valence-corrected chi connectivity index (χ4v) is 2.32.